The van der Waals surface area contributed by atoms with E-state index in [4.69, 9.17) is 0 Å². The number of hydrogen-bond acceptors (Lipinski definition) is 3. The van der Waals surface area contributed by atoms with E-state index in [0.717, 1.165) is 25.9 Å². The van der Waals surface area contributed by atoms with Crippen molar-refractivity contribution in [2.75, 3.05) is 34.2 Å². The van der Waals surface area contributed by atoms with Gasteiger partial charge in [0.15, 0.2) is 0 Å². The fraction of sp³-hybridized carbons (Fsp3) is 0.923. The zero-order chi connectivity index (χ0) is 13.0. The first-order chi connectivity index (χ1) is 7.97. The minimum atomic E-state index is 0.0694. The number of piperidine rings is 1. The van der Waals surface area contributed by atoms with E-state index in [2.05, 4.69) is 24.2 Å². The molecule has 3 atom stereocenters. The van der Waals surface area contributed by atoms with Crippen LogP contribution in [0.3, 0.4) is 0 Å². The van der Waals surface area contributed by atoms with E-state index in [1.165, 1.54) is 0 Å². The van der Waals surface area contributed by atoms with Gasteiger partial charge in [-0.3, -0.25) is 4.79 Å². The predicted molar refractivity (Wildman–Crippen MR) is 71.0 cm³/mol. The molecule has 0 aromatic rings. The van der Waals surface area contributed by atoms with Gasteiger partial charge in [0.2, 0.25) is 5.91 Å². The molecule has 1 aliphatic heterocycles. The van der Waals surface area contributed by atoms with Crippen molar-refractivity contribution in [2.45, 2.75) is 38.8 Å². The van der Waals surface area contributed by atoms with E-state index in [-0.39, 0.29) is 11.8 Å². The van der Waals surface area contributed by atoms with Crippen molar-refractivity contribution >= 4 is 5.91 Å². The number of likely N-dealkylation sites (tertiary alicyclic amines) is 1. The Kier molecular flexibility index (Phi) is 5.40. The van der Waals surface area contributed by atoms with Gasteiger partial charge in [0.25, 0.3) is 0 Å². The highest BCUT2D eigenvalue weighted by atomic mass is 16.2. The number of nitrogens with zero attached hydrogens (tertiary/aromatic N) is 2. The lowest BCUT2D eigenvalue weighted by atomic mass is 9.96. The molecule has 1 aliphatic rings. The van der Waals surface area contributed by atoms with E-state index in [1.807, 2.05) is 25.9 Å². The normalized spacial score (nSPS) is 27.8. The summed E-state index contributed by atoms with van der Waals surface area (Å²) in [6.07, 6.45) is 2.18. The Hall–Kier alpha value is -0.610. The van der Waals surface area contributed by atoms with Gasteiger partial charge in [0.05, 0.1) is 0 Å². The van der Waals surface area contributed by atoms with Gasteiger partial charge in [-0.2, -0.15) is 0 Å². The molecule has 1 fully saturated rings. The quantitative estimate of drug-likeness (QED) is 0.790. The number of rotatable bonds is 4. The highest BCUT2D eigenvalue weighted by Gasteiger charge is 2.29. The van der Waals surface area contributed by atoms with Gasteiger partial charge in [0.1, 0.15) is 0 Å². The fourth-order valence-corrected chi connectivity index (χ4v) is 2.54. The summed E-state index contributed by atoms with van der Waals surface area (Å²) in [5, 5.41) is 3.07. The second kappa shape index (κ2) is 6.36. The number of carbonyl (C=O) groups is 1. The van der Waals surface area contributed by atoms with Crippen LogP contribution in [0, 0.1) is 5.92 Å². The molecular formula is C13H27N3O. The smallest absolute Gasteiger partial charge is 0.226 e. The van der Waals surface area contributed by atoms with Crippen LogP contribution in [-0.2, 0) is 4.79 Å². The summed E-state index contributed by atoms with van der Waals surface area (Å²) in [7, 11) is 6.00. The first kappa shape index (κ1) is 14.5. The molecule has 1 saturated heterocycles. The molecule has 0 aromatic carbocycles. The molecule has 100 valence electrons. The van der Waals surface area contributed by atoms with Gasteiger partial charge < -0.3 is 15.1 Å². The van der Waals surface area contributed by atoms with Crippen LogP contribution in [0.2, 0.25) is 0 Å². The predicted octanol–water partition coefficient (Wildman–Crippen LogP) is 0.783. The molecular weight excluding hydrogens is 214 g/mol. The first-order valence-corrected chi connectivity index (χ1v) is 6.58. The highest BCUT2D eigenvalue weighted by molar-refractivity contribution is 5.78. The van der Waals surface area contributed by atoms with Gasteiger partial charge in [-0.05, 0) is 33.9 Å². The Morgan fingerprint density at radius 2 is 2.24 bits per heavy atom. The number of carbonyl (C=O) groups excluding carboxylic acids is 1. The van der Waals surface area contributed by atoms with Crippen LogP contribution in [-0.4, -0.2) is 62.0 Å². The van der Waals surface area contributed by atoms with E-state index < -0.39 is 0 Å². The Balaban J connectivity index is 2.52. The van der Waals surface area contributed by atoms with Crippen molar-refractivity contribution in [3.63, 3.8) is 0 Å². The Morgan fingerprint density at radius 3 is 2.76 bits per heavy atom. The molecule has 4 heteroatoms. The molecule has 0 aromatic heterocycles. The maximum Gasteiger partial charge on any atom is 0.226 e. The largest absolute Gasteiger partial charge is 0.342 e. The zero-order valence-corrected chi connectivity index (χ0v) is 11.9. The van der Waals surface area contributed by atoms with E-state index >= 15 is 0 Å². The molecule has 17 heavy (non-hydrogen) atoms. The molecule has 1 rings (SSSR count). The summed E-state index contributed by atoms with van der Waals surface area (Å²) in [5.74, 6) is 0.334. The molecule has 1 heterocycles. The lowest BCUT2D eigenvalue weighted by Gasteiger charge is -2.40. The lowest BCUT2D eigenvalue weighted by Crippen LogP contribution is -2.49. The van der Waals surface area contributed by atoms with E-state index in [1.54, 1.807) is 0 Å². The summed E-state index contributed by atoms with van der Waals surface area (Å²) in [4.78, 5) is 16.5. The van der Waals surface area contributed by atoms with Crippen LogP contribution >= 0.6 is 0 Å². The van der Waals surface area contributed by atoms with E-state index in [9.17, 15) is 4.79 Å². The second-order valence-corrected chi connectivity index (χ2v) is 5.42. The minimum Gasteiger partial charge on any atom is -0.342 e. The van der Waals surface area contributed by atoms with Crippen molar-refractivity contribution in [3.8, 4) is 0 Å². The van der Waals surface area contributed by atoms with Crippen LogP contribution in [0.4, 0.5) is 0 Å². The molecule has 4 nitrogen and oxygen atoms in total. The molecule has 1 N–H and O–H groups in total. The standard InChI is InChI=1S/C13H27N3O/c1-10(9-14-3)13(17)16(5)12-6-7-15(4)11(2)8-12/h10-12,14H,6-9H2,1-5H3/t10-,11-,12+/m0/s1. The summed E-state index contributed by atoms with van der Waals surface area (Å²) >= 11 is 0. The monoisotopic (exact) mass is 241 g/mol. The summed E-state index contributed by atoms with van der Waals surface area (Å²) in [6.45, 7) is 6.07. The molecule has 0 radical (unpaired) electrons. The highest BCUT2D eigenvalue weighted by Crippen LogP contribution is 2.20. The third-order valence-corrected chi connectivity index (χ3v) is 4.01. The first-order valence-electron chi connectivity index (χ1n) is 6.58. The van der Waals surface area contributed by atoms with Crippen molar-refractivity contribution in [2.24, 2.45) is 5.92 Å². The van der Waals surface area contributed by atoms with Gasteiger partial charge in [-0.1, -0.05) is 6.92 Å². The Bertz CT molecular complexity index is 257. The van der Waals surface area contributed by atoms with Gasteiger partial charge in [-0.25, -0.2) is 0 Å². The Labute approximate surface area is 105 Å². The third-order valence-electron chi connectivity index (χ3n) is 4.01. The number of amides is 1. The third kappa shape index (κ3) is 3.68. The maximum atomic E-state index is 12.2. The molecule has 1 amide bonds. The summed E-state index contributed by atoms with van der Waals surface area (Å²) in [6, 6.07) is 0.983. The Morgan fingerprint density at radius 1 is 1.59 bits per heavy atom. The molecule has 0 unspecified atom stereocenters. The number of hydrogen-bond donors (Lipinski definition) is 1. The van der Waals surface area contributed by atoms with Gasteiger partial charge in [-0.15, -0.1) is 0 Å². The summed E-state index contributed by atoms with van der Waals surface area (Å²) < 4.78 is 0. The van der Waals surface area contributed by atoms with Crippen molar-refractivity contribution < 1.29 is 4.79 Å². The maximum absolute atomic E-state index is 12.2. The molecule has 0 bridgehead atoms. The molecule has 0 aliphatic carbocycles. The van der Waals surface area contributed by atoms with Gasteiger partial charge >= 0.3 is 0 Å². The van der Waals surface area contributed by atoms with Crippen molar-refractivity contribution in [3.05, 3.63) is 0 Å². The van der Waals surface area contributed by atoms with Crippen LogP contribution in [0.25, 0.3) is 0 Å². The second-order valence-electron chi connectivity index (χ2n) is 5.42. The van der Waals surface area contributed by atoms with Crippen LogP contribution in [0.5, 0.6) is 0 Å². The average molecular weight is 241 g/mol. The fourth-order valence-electron chi connectivity index (χ4n) is 2.54. The van der Waals surface area contributed by atoms with Crippen LogP contribution < -0.4 is 5.32 Å². The molecule has 0 saturated carbocycles. The topological polar surface area (TPSA) is 35.6 Å². The average Bonchev–Trinajstić information content (AvgIpc) is 2.31. The van der Waals surface area contributed by atoms with Crippen LogP contribution in [0.15, 0.2) is 0 Å². The summed E-state index contributed by atoms with van der Waals surface area (Å²) in [5.41, 5.74) is 0. The SMILES string of the molecule is CNC[C@H](C)C(=O)N(C)[C@@H]1CCN(C)[C@@H](C)C1. The van der Waals surface area contributed by atoms with Crippen molar-refractivity contribution in [1.82, 2.24) is 15.1 Å². The minimum absolute atomic E-state index is 0.0694. The zero-order valence-electron chi connectivity index (χ0n) is 11.9. The molecule has 0 spiro atoms. The van der Waals surface area contributed by atoms with Crippen LogP contribution in [0.1, 0.15) is 26.7 Å². The van der Waals surface area contributed by atoms with Gasteiger partial charge in [0, 0.05) is 38.1 Å². The number of nitrogens with one attached hydrogen (secondary N) is 1. The lowest BCUT2D eigenvalue weighted by molar-refractivity contribution is -0.136. The van der Waals surface area contributed by atoms with E-state index in [0.29, 0.717) is 12.1 Å². The van der Waals surface area contributed by atoms with Crippen molar-refractivity contribution in [1.29, 1.82) is 0 Å².